The van der Waals surface area contributed by atoms with Crippen LogP contribution in [0, 0.1) is 0 Å². The lowest BCUT2D eigenvalue weighted by molar-refractivity contribution is 0.347. The first-order valence-corrected chi connectivity index (χ1v) is 19.4. The van der Waals surface area contributed by atoms with Crippen molar-refractivity contribution in [1.29, 1.82) is 0 Å². The van der Waals surface area contributed by atoms with Gasteiger partial charge in [0.05, 0.1) is 33.4 Å². The molecule has 0 saturated heterocycles. The molecule has 52 heavy (non-hydrogen) atoms. The molecule has 0 spiro atoms. The van der Waals surface area contributed by atoms with Crippen molar-refractivity contribution in [3.8, 4) is 22.5 Å². The van der Waals surface area contributed by atoms with Crippen LogP contribution in [0.25, 0.3) is 86.3 Å². The summed E-state index contributed by atoms with van der Waals surface area (Å²) in [7, 11) is 0. The van der Waals surface area contributed by atoms with Crippen molar-refractivity contribution in [2.75, 3.05) is 0 Å². The van der Waals surface area contributed by atoms with E-state index >= 15 is 0 Å². The van der Waals surface area contributed by atoms with E-state index in [1.54, 1.807) is 0 Å². The fraction of sp³-hybridized carbons (Fsp3) is 0.143. The number of rotatable bonds is 2. The first-order valence-electron chi connectivity index (χ1n) is 18.6. The zero-order valence-electron chi connectivity index (χ0n) is 29.5. The highest BCUT2D eigenvalue weighted by Gasteiger charge is 2.46. The smallest absolute Gasteiger partial charge is 0.0582 e. The summed E-state index contributed by atoms with van der Waals surface area (Å²) in [6.45, 7) is 7.40. The molecule has 1 aliphatic heterocycles. The maximum absolute atomic E-state index is 2.58. The molecule has 10 aromatic rings. The largest absolute Gasteiger partial charge is 0.309 e. The topological polar surface area (TPSA) is 9.86 Å². The minimum Gasteiger partial charge on any atom is -0.309 e. The summed E-state index contributed by atoms with van der Waals surface area (Å²) in [5.74, 6) is 0. The van der Waals surface area contributed by atoms with Gasteiger partial charge in [-0.15, -0.1) is 11.3 Å². The molecule has 0 amide bonds. The minimum atomic E-state index is -0.0747. The Labute approximate surface area is 306 Å². The average molecular weight is 685 g/mol. The molecule has 0 bridgehead atoms. The van der Waals surface area contributed by atoms with Crippen LogP contribution in [0.1, 0.15) is 50.3 Å². The van der Waals surface area contributed by atoms with E-state index in [1.165, 1.54) is 109 Å². The first-order chi connectivity index (χ1) is 25.4. The molecular weight excluding hydrogens is 649 g/mol. The van der Waals surface area contributed by atoms with Crippen molar-refractivity contribution < 1.29 is 0 Å². The monoisotopic (exact) mass is 684 g/mol. The molecule has 2 aliphatic rings. The second-order valence-electron chi connectivity index (χ2n) is 16.0. The van der Waals surface area contributed by atoms with Gasteiger partial charge in [-0.05, 0) is 101 Å². The van der Waals surface area contributed by atoms with Gasteiger partial charge < -0.3 is 9.13 Å². The van der Waals surface area contributed by atoms with E-state index in [0.717, 1.165) is 6.42 Å². The van der Waals surface area contributed by atoms with E-state index in [2.05, 4.69) is 169 Å². The molecule has 1 unspecified atom stereocenters. The Morgan fingerprint density at radius 1 is 0.481 bits per heavy atom. The third kappa shape index (κ3) is 3.55. The number of hydrogen-bond acceptors (Lipinski definition) is 1. The molecule has 248 valence electrons. The predicted molar refractivity (Wildman–Crippen MR) is 222 cm³/mol. The van der Waals surface area contributed by atoms with Gasteiger partial charge in [-0.1, -0.05) is 106 Å². The van der Waals surface area contributed by atoms with Gasteiger partial charge in [-0.3, -0.25) is 0 Å². The first kappa shape index (κ1) is 29.0. The number of benzene rings is 7. The van der Waals surface area contributed by atoms with Gasteiger partial charge >= 0.3 is 0 Å². The molecule has 2 nitrogen and oxygen atoms in total. The van der Waals surface area contributed by atoms with Crippen molar-refractivity contribution in [2.24, 2.45) is 0 Å². The van der Waals surface area contributed by atoms with Crippen LogP contribution >= 0.6 is 11.3 Å². The van der Waals surface area contributed by atoms with Crippen LogP contribution in [-0.4, -0.2) is 9.13 Å². The number of hydrogen-bond donors (Lipinski definition) is 0. The highest BCUT2D eigenvalue weighted by molar-refractivity contribution is 7.25. The summed E-state index contributed by atoms with van der Waals surface area (Å²) in [6, 6.07) is 52.9. The molecule has 3 heteroatoms. The van der Waals surface area contributed by atoms with E-state index in [0.29, 0.717) is 0 Å². The van der Waals surface area contributed by atoms with Crippen LogP contribution in [0.5, 0.6) is 0 Å². The van der Waals surface area contributed by atoms with Gasteiger partial charge in [0.1, 0.15) is 0 Å². The zero-order chi connectivity index (χ0) is 34.5. The molecule has 1 aliphatic carbocycles. The Kier molecular flexibility index (Phi) is 5.47. The molecular formula is C49H36N2S. The lowest BCUT2D eigenvalue weighted by Gasteiger charge is -2.47. The molecule has 3 aromatic heterocycles. The Hall–Kier alpha value is -5.64. The summed E-state index contributed by atoms with van der Waals surface area (Å²) in [4.78, 5) is 0. The van der Waals surface area contributed by atoms with Crippen LogP contribution in [0.2, 0.25) is 0 Å². The van der Waals surface area contributed by atoms with Gasteiger partial charge in [-0.25, -0.2) is 0 Å². The Balaban J connectivity index is 1.17. The quantitative estimate of drug-likeness (QED) is 0.172. The van der Waals surface area contributed by atoms with Crippen LogP contribution in [0.3, 0.4) is 0 Å². The maximum atomic E-state index is 2.58. The highest BCUT2D eigenvalue weighted by atomic mass is 32.1. The standard InChI is InChI=1S/C49H36N2S/c1-48(2)24-25-49(3)37-27-30(26-35-32-13-5-8-17-39(32)51(47(35)37)41-19-10-15-36(48)46(41)49)29-22-23-33-31-12-4-7-16-38(31)50(42(33)28-29)40-18-11-21-44-45(40)34-14-6-9-20-43(34)52-44/h4-23,26-28H,24-25H2,1-3H3. The van der Waals surface area contributed by atoms with Gasteiger partial charge in [0.2, 0.25) is 0 Å². The third-order valence-electron chi connectivity index (χ3n) is 12.8. The second kappa shape index (κ2) is 9.82. The number of aromatic nitrogens is 2. The molecule has 0 fully saturated rings. The van der Waals surface area contributed by atoms with Crippen molar-refractivity contribution in [3.05, 3.63) is 156 Å². The van der Waals surface area contributed by atoms with Crippen molar-refractivity contribution in [2.45, 2.75) is 44.4 Å². The van der Waals surface area contributed by atoms with Crippen molar-refractivity contribution in [1.82, 2.24) is 9.13 Å². The fourth-order valence-electron chi connectivity index (χ4n) is 10.2. The lowest BCUT2D eigenvalue weighted by atomic mass is 9.58. The molecule has 0 radical (unpaired) electrons. The number of fused-ring (bicyclic) bond motifs is 11. The Bertz CT molecular complexity index is 3180. The summed E-state index contributed by atoms with van der Waals surface area (Å²) < 4.78 is 7.76. The lowest BCUT2D eigenvalue weighted by Crippen LogP contribution is -2.39. The number of thiophene rings is 1. The van der Waals surface area contributed by atoms with Crippen LogP contribution in [0.15, 0.2) is 140 Å². The molecule has 4 heterocycles. The van der Waals surface area contributed by atoms with E-state index < -0.39 is 0 Å². The summed E-state index contributed by atoms with van der Waals surface area (Å²) in [6.07, 6.45) is 2.30. The fourth-order valence-corrected chi connectivity index (χ4v) is 11.4. The Morgan fingerprint density at radius 2 is 1.15 bits per heavy atom. The second-order valence-corrected chi connectivity index (χ2v) is 17.1. The highest BCUT2D eigenvalue weighted by Crippen LogP contribution is 2.57. The van der Waals surface area contributed by atoms with E-state index in [1.807, 2.05) is 11.3 Å². The van der Waals surface area contributed by atoms with Crippen molar-refractivity contribution in [3.63, 3.8) is 0 Å². The van der Waals surface area contributed by atoms with Crippen molar-refractivity contribution >= 4 is 75.1 Å². The molecule has 0 saturated carbocycles. The summed E-state index contributed by atoms with van der Waals surface area (Å²) in [5.41, 5.74) is 14.9. The average Bonchev–Trinajstić information content (AvgIpc) is 3.83. The zero-order valence-corrected chi connectivity index (χ0v) is 30.3. The van der Waals surface area contributed by atoms with Crippen LogP contribution < -0.4 is 0 Å². The SMILES string of the molecule is CC1(C)CCC2(C)c3c(cccc31)-n1c3ccccc3c3cc(-c4ccc5c6ccccc6n(-c6cccc7sc8ccccc8c67)c5c4)cc2c31. The van der Waals surface area contributed by atoms with Gasteiger partial charge in [-0.2, -0.15) is 0 Å². The predicted octanol–water partition coefficient (Wildman–Crippen LogP) is 13.6. The Morgan fingerprint density at radius 3 is 2.00 bits per heavy atom. The van der Waals surface area contributed by atoms with Gasteiger partial charge in [0.15, 0.2) is 0 Å². The summed E-state index contributed by atoms with van der Waals surface area (Å²) in [5, 5.41) is 7.90. The number of para-hydroxylation sites is 2. The number of nitrogens with zero attached hydrogens (tertiary/aromatic N) is 2. The molecule has 12 rings (SSSR count). The molecule has 7 aromatic carbocycles. The minimum absolute atomic E-state index is 0.0747. The van der Waals surface area contributed by atoms with Gasteiger partial charge in [0, 0.05) is 47.1 Å². The summed E-state index contributed by atoms with van der Waals surface area (Å²) >= 11 is 1.88. The molecule has 1 atom stereocenters. The van der Waals surface area contributed by atoms with Gasteiger partial charge in [0.25, 0.3) is 0 Å². The van der Waals surface area contributed by atoms with Crippen LogP contribution in [-0.2, 0) is 10.8 Å². The normalized spacial score (nSPS) is 17.6. The molecule has 0 N–H and O–H groups in total. The van der Waals surface area contributed by atoms with E-state index in [9.17, 15) is 0 Å². The third-order valence-corrected chi connectivity index (χ3v) is 13.9. The maximum Gasteiger partial charge on any atom is 0.0582 e. The van der Waals surface area contributed by atoms with Crippen LogP contribution in [0.4, 0.5) is 0 Å². The van der Waals surface area contributed by atoms with E-state index in [-0.39, 0.29) is 10.8 Å². The van der Waals surface area contributed by atoms with E-state index in [4.69, 9.17) is 0 Å².